The highest BCUT2D eigenvalue weighted by Gasteiger charge is 2.30. The first kappa shape index (κ1) is 13.6. The molecule has 0 bridgehead atoms. The summed E-state index contributed by atoms with van der Waals surface area (Å²) >= 11 is -1.74. The number of allylic oxidation sites excluding steroid dienone is 1. The fraction of sp³-hybridized carbons (Fsp3) is 0.167. The molecule has 1 aromatic rings. The fourth-order valence-corrected chi connectivity index (χ4v) is 2.30. The largest absolute Gasteiger partial charge is 0.566 e. The predicted octanol–water partition coefficient (Wildman–Crippen LogP) is 1.20. The van der Waals surface area contributed by atoms with E-state index in [1.807, 2.05) is 0 Å². The molecule has 1 aliphatic heterocycles. The van der Waals surface area contributed by atoms with Crippen LogP contribution in [-0.4, -0.2) is 34.7 Å². The number of rotatable bonds is 2. The van der Waals surface area contributed by atoms with Gasteiger partial charge < -0.3 is 9.29 Å². The summed E-state index contributed by atoms with van der Waals surface area (Å²) < 4.78 is 34.7. The Morgan fingerprint density at radius 2 is 2.26 bits per heavy atom. The summed E-state index contributed by atoms with van der Waals surface area (Å²) in [4.78, 5) is 11.6. The van der Waals surface area contributed by atoms with Crippen LogP contribution in [0.25, 0.3) is 0 Å². The number of methoxy groups -OCH3 is 1. The lowest BCUT2D eigenvalue weighted by molar-refractivity contribution is -0.137. The second-order valence-electron chi connectivity index (χ2n) is 3.74. The smallest absolute Gasteiger partial charge is 0.359 e. The van der Waals surface area contributed by atoms with E-state index in [2.05, 4.69) is 9.13 Å². The van der Waals surface area contributed by atoms with Gasteiger partial charge in [-0.1, -0.05) is 12.1 Å². The van der Waals surface area contributed by atoms with Crippen molar-refractivity contribution in [2.75, 3.05) is 14.2 Å². The summed E-state index contributed by atoms with van der Waals surface area (Å²) in [6.45, 7) is 0. The van der Waals surface area contributed by atoms with Gasteiger partial charge in [-0.05, 0) is 16.5 Å². The Balaban J connectivity index is 2.43. The molecule has 0 radical (unpaired) electrons. The topological polar surface area (TPSA) is 65.0 Å². The average Bonchev–Trinajstić information content (AvgIpc) is 2.40. The molecule has 0 amide bonds. The average molecular weight is 282 g/mol. The lowest BCUT2D eigenvalue weighted by atomic mass is 10.1. The molecule has 1 unspecified atom stereocenters. The SMILES string of the molecule is COC(=O)C1=CC(c2cccc(F)c2)=N[S+]([O-])N1C. The summed E-state index contributed by atoms with van der Waals surface area (Å²) in [7, 11) is 2.69. The molecule has 1 aromatic carbocycles. The fourth-order valence-electron chi connectivity index (χ4n) is 1.55. The zero-order chi connectivity index (χ0) is 14.0. The van der Waals surface area contributed by atoms with E-state index in [0.717, 1.165) is 0 Å². The van der Waals surface area contributed by atoms with Crippen LogP contribution >= 0.6 is 0 Å². The normalized spacial score (nSPS) is 18.7. The van der Waals surface area contributed by atoms with E-state index in [9.17, 15) is 13.7 Å². The number of hydrogen-bond donors (Lipinski definition) is 0. The molecule has 0 spiro atoms. The quantitative estimate of drug-likeness (QED) is 0.604. The minimum atomic E-state index is -1.74. The lowest BCUT2D eigenvalue weighted by Gasteiger charge is -2.22. The van der Waals surface area contributed by atoms with Crippen LogP contribution in [0.1, 0.15) is 5.56 Å². The van der Waals surface area contributed by atoms with Crippen molar-refractivity contribution in [3.05, 3.63) is 47.4 Å². The van der Waals surface area contributed by atoms with Crippen LogP contribution < -0.4 is 0 Å². The highest BCUT2D eigenvalue weighted by Crippen LogP contribution is 2.20. The number of halogens is 1. The lowest BCUT2D eigenvalue weighted by Crippen LogP contribution is -2.33. The van der Waals surface area contributed by atoms with E-state index in [0.29, 0.717) is 5.56 Å². The second-order valence-corrected chi connectivity index (χ2v) is 4.93. The minimum Gasteiger partial charge on any atom is -0.566 e. The van der Waals surface area contributed by atoms with Crippen molar-refractivity contribution < 1.29 is 18.5 Å². The number of carbonyl (C=O) groups excluding carboxylic acids is 1. The van der Waals surface area contributed by atoms with Crippen LogP contribution in [0.4, 0.5) is 4.39 Å². The van der Waals surface area contributed by atoms with E-state index in [-0.39, 0.29) is 11.4 Å². The molecule has 1 heterocycles. The first-order valence-corrected chi connectivity index (χ1v) is 6.39. The van der Waals surface area contributed by atoms with Crippen molar-refractivity contribution in [1.82, 2.24) is 4.31 Å². The molecule has 0 fully saturated rings. The molecule has 0 N–H and O–H groups in total. The molecule has 0 saturated heterocycles. The number of esters is 1. The Morgan fingerprint density at radius 1 is 1.53 bits per heavy atom. The molecule has 19 heavy (non-hydrogen) atoms. The molecular formula is C12H11FN2O3S. The Labute approximate surface area is 112 Å². The van der Waals surface area contributed by atoms with Crippen LogP contribution in [0.2, 0.25) is 0 Å². The van der Waals surface area contributed by atoms with Crippen LogP contribution in [0, 0.1) is 5.82 Å². The van der Waals surface area contributed by atoms with Gasteiger partial charge in [-0.25, -0.2) is 9.18 Å². The van der Waals surface area contributed by atoms with Crippen molar-refractivity contribution in [2.24, 2.45) is 4.40 Å². The van der Waals surface area contributed by atoms with Crippen molar-refractivity contribution in [3.63, 3.8) is 0 Å². The van der Waals surface area contributed by atoms with Crippen LogP contribution in [-0.2, 0) is 21.1 Å². The summed E-state index contributed by atoms with van der Waals surface area (Å²) in [5, 5.41) is 0. The van der Waals surface area contributed by atoms with Gasteiger partial charge >= 0.3 is 5.97 Å². The number of nitrogens with zero attached hydrogens (tertiary/aromatic N) is 2. The van der Waals surface area contributed by atoms with Gasteiger partial charge in [0.05, 0.1) is 14.2 Å². The summed E-state index contributed by atoms with van der Waals surface area (Å²) in [5.74, 6) is -1.06. The molecule has 0 aliphatic carbocycles. The zero-order valence-electron chi connectivity index (χ0n) is 10.3. The number of ether oxygens (including phenoxy) is 1. The third-order valence-corrected chi connectivity index (χ3v) is 3.56. The first-order chi connectivity index (χ1) is 9.02. The molecule has 7 heteroatoms. The van der Waals surface area contributed by atoms with Crippen LogP contribution in [0.15, 0.2) is 40.4 Å². The Bertz CT molecular complexity index is 574. The van der Waals surface area contributed by atoms with Crippen molar-refractivity contribution in [3.8, 4) is 0 Å². The summed E-state index contributed by atoms with van der Waals surface area (Å²) in [6.07, 6.45) is 1.42. The molecule has 100 valence electrons. The van der Waals surface area contributed by atoms with Gasteiger partial charge in [-0.3, -0.25) is 0 Å². The molecule has 5 nitrogen and oxygen atoms in total. The minimum absolute atomic E-state index is 0.107. The maximum absolute atomic E-state index is 13.2. The van der Waals surface area contributed by atoms with Gasteiger partial charge in [-0.2, -0.15) is 4.31 Å². The molecule has 0 saturated carbocycles. The predicted molar refractivity (Wildman–Crippen MR) is 68.9 cm³/mol. The number of likely N-dealkylation sites (N-methyl/N-ethyl adjacent to an activating group) is 1. The van der Waals surface area contributed by atoms with Crippen LogP contribution in [0.5, 0.6) is 0 Å². The molecule has 1 aliphatic rings. The van der Waals surface area contributed by atoms with E-state index in [4.69, 9.17) is 0 Å². The maximum atomic E-state index is 13.2. The van der Waals surface area contributed by atoms with E-state index in [1.165, 1.54) is 42.7 Å². The molecule has 2 rings (SSSR count). The molecule has 0 aromatic heterocycles. The monoisotopic (exact) mass is 282 g/mol. The highest BCUT2D eigenvalue weighted by atomic mass is 32.2. The van der Waals surface area contributed by atoms with Gasteiger partial charge in [0.2, 0.25) is 11.5 Å². The van der Waals surface area contributed by atoms with Gasteiger partial charge in [0.25, 0.3) is 0 Å². The second kappa shape index (κ2) is 5.41. The number of benzene rings is 1. The number of carbonyl (C=O) groups is 1. The third-order valence-electron chi connectivity index (χ3n) is 2.54. The Morgan fingerprint density at radius 3 is 2.89 bits per heavy atom. The van der Waals surface area contributed by atoms with Gasteiger partial charge in [0.1, 0.15) is 11.5 Å². The Kier molecular flexibility index (Phi) is 3.87. The van der Waals surface area contributed by atoms with E-state index >= 15 is 0 Å². The van der Waals surface area contributed by atoms with E-state index < -0.39 is 23.3 Å². The number of hydrogen-bond acceptors (Lipinski definition) is 5. The van der Waals surface area contributed by atoms with Gasteiger partial charge in [0.15, 0.2) is 5.70 Å². The van der Waals surface area contributed by atoms with Gasteiger partial charge in [-0.15, -0.1) is 0 Å². The van der Waals surface area contributed by atoms with Crippen molar-refractivity contribution in [2.45, 2.75) is 0 Å². The highest BCUT2D eigenvalue weighted by molar-refractivity contribution is 7.88. The van der Waals surface area contributed by atoms with Crippen molar-refractivity contribution >= 4 is 23.2 Å². The Hall–Kier alpha value is -1.86. The third kappa shape index (κ3) is 2.77. The standard InChI is InChI=1S/C12H11FN2O3S/c1-15-11(12(16)18-2)7-10(14-19(15)17)8-4-3-5-9(13)6-8/h3-7H,1-2H3. The summed E-state index contributed by atoms with van der Waals surface area (Å²) in [5.41, 5.74) is 0.828. The van der Waals surface area contributed by atoms with Gasteiger partial charge in [0, 0.05) is 11.6 Å². The zero-order valence-corrected chi connectivity index (χ0v) is 11.1. The summed E-state index contributed by atoms with van der Waals surface area (Å²) in [6, 6.07) is 5.68. The van der Waals surface area contributed by atoms with Crippen LogP contribution in [0.3, 0.4) is 0 Å². The van der Waals surface area contributed by atoms with E-state index in [1.54, 1.807) is 6.07 Å². The first-order valence-electron chi connectivity index (χ1n) is 5.33. The van der Waals surface area contributed by atoms with Crippen molar-refractivity contribution in [1.29, 1.82) is 0 Å². The molecule has 1 atom stereocenters. The molecular weight excluding hydrogens is 271 g/mol. The maximum Gasteiger partial charge on any atom is 0.359 e.